The van der Waals surface area contributed by atoms with Gasteiger partial charge in [-0.15, -0.1) is 0 Å². The zero-order valence-electron chi connectivity index (χ0n) is 12.6. The fraction of sp³-hybridized carbons (Fsp3) is 0.467. The standard InChI is InChI=1S/C15H22N2O3/c1-9-8-10(6-7-11(9)14(19)20-5)17-13(18)12(16)15(2,3)4/h6-8,12H,16H2,1-5H3,(H,17,18)/t12-/m1/s1. The fourth-order valence-corrected chi connectivity index (χ4v) is 1.69. The van der Waals surface area contributed by atoms with Crippen molar-refractivity contribution in [3.63, 3.8) is 0 Å². The van der Waals surface area contributed by atoms with E-state index in [4.69, 9.17) is 5.73 Å². The summed E-state index contributed by atoms with van der Waals surface area (Å²) >= 11 is 0. The molecule has 0 fully saturated rings. The van der Waals surface area contributed by atoms with Gasteiger partial charge in [-0.05, 0) is 36.1 Å². The van der Waals surface area contributed by atoms with Crippen molar-refractivity contribution in [2.24, 2.45) is 11.1 Å². The van der Waals surface area contributed by atoms with Gasteiger partial charge in [-0.3, -0.25) is 4.79 Å². The molecule has 3 N–H and O–H groups in total. The fourth-order valence-electron chi connectivity index (χ4n) is 1.69. The van der Waals surface area contributed by atoms with Crippen molar-refractivity contribution in [2.45, 2.75) is 33.7 Å². The molecule has 0 saturated carbocycles. The second-order valence-electron chi connectivity index (χ2n) is 5.85. The first kappa shape index (κ1) is 16.2. The van der Waals surface area contributed by atoms with Crippen LogP contribution >= 0.6 is 0 Å². The van der Waals surface area contributed by atoms with Crippen LogP contribution < -0.4 is 11.1 Å². The molecule has 0 radical (unpaired) electrons. The Hall–Kier alpha value is -1.88. The van der Waals surface area contributed by atoms with E-state index in [0.29, 0.717) is 11.3 Å². The molecule has 1 rings (SSSR count). The highest BCUT2D eigenvalue weighted by Crippen LogP contribution is 2.20. The van der Waals surface area contributed by atoms with Crippen LogP contribution in [0, 0.1) is 12.3 Å². The molecule has 0 aliphatic rings. The molecule has 0 unspecified atom stereocenters. The number of carbonyl (C=O) groups is 2. The van der Waals surface area contributed by atoms with Crippen LogP contribution in [-0.4, -0.2) is 25.0 Å². The Bertz CT molecular complexity index is 518. The van der Waals surface area contributed by atoms with Gasteiger partial charge in [0.05, 0.1) is 18.7 Å². The van der Waals surface area contributed by atoms with Crippen LogP contribution in [0.3, 0.4) is 0 Å². The number of hydrogen-bond acceptors (Lipinski definition) is 4. The molecule has 5 nitrogen and oxygen atoms in total. The molecule has 0 bridgehead atoms. The maximum atomic E-state index is 12.0. The molecule has 0 spiro atoms. The second-order valence-corrected chi connectivity index (χ2v) is 5.85. The van der Waals surface area contributed by atoms with E-state index in [9.17, 15) is 9.59 Å². The minimum Gasteiger partial charge on any atom is -0.465 e. The number of anilines is 1. The summed E-state index contributed by atoms with van der Waals surface area (Å²) in [5.74, 6) is -0.644. The Balaban J connectivity index is 2.88. The third-order valence-corrected chi connectivity index (χ3v) is 3.11. The van der Waals surface area contributed by atoms with E-state index in [0.717, 1.165) is 5.56 Å². The lowest BCUT2D eigenvalue weighted by Crippen LogP contribution is -2.45. The Morgan fingerprint density at radius 3 is 2.35 bits per heavy atom. The van der Waals surface area contributed by atoms with Gasteiger partial charge in [-0.2, -0.15) is 0 Å². The van der Waals surface area contributed by atoms with Gasteiger partial charge < -0.3 is 15.8 Å². The van der Waals surface area contributed by atoms with Crippen LogP contribution in [-0.2, 0) is 9.53 Å². The van der Waals surface area contributed by atoms with Gasteiger partial charge in [0.15, 0.2) is 0 Å². The lowest BCUT2D eigenvalue weighted by molar-refractivity contribution is -0.119. The molecule has 1 amide bonds. The topological polar surface area (TPSA) is 81.4 Å². The lowest BCUT2D eigenvalue weighted by Gasteiger charge is -2.25. The van der Waals surface area contributed by atoms with E-state index in [1.807, 2.05) is 20.8 Å². The quantitative estimate of drug-likeness (QED) is 0.830. The predicted octanol–water partition coefficient (Wildman–Crippen LogP) is 2.09. The number of benzene rings is 1. The van der Waals surface area contributed by atoms with E-state index >= 15 is 0 Å². The molecule has 5 heteroatoms. The third kappa shape index (κ3) is 3.81. The van der Waals surface area contributed by atoms with E-state index < -0.39 is 12.0 Å². The maximum Gasteiger partial charge on any atom is 0.338 e. The molecule has 0 aromatic heterocycles. The van der Waals surface area contributed by atoms with Crippen LogP contribution in [0.25, 0.3) is 0 Å². The number of hydrogen-bond donors (Lipinski definition) is 2. The zero-order chi connectivity index (χ0) is 15.5. The molecule has 0 heterocycles. The van der Waals surface area contributed by atoms with Crippen molar-refractivity contribution in [3.8, 4) is 0 Å². The third-order valence-electron chi connectivity index (χ3n) is 3.11. The van der Waals surface area contributed by atoms with Gasteiger partial charge in [0.25, 0.3) is 0 Å². The van der Waals surface area contributed by atoms with Crippen molar-refractivity contribution < 1.29 is 14.3 Å². The first-order chi connectivity index (χ1) is 9.16. The number of esters is 1. The molecular weight excluding hydrogens is 256 g/mol. The molecule has 0 saturated heterocycles. The Kier molecular flexibility index (Phi) is 4.89. The number of rotatable bonds is 3. The van der Waals surface area contributed by atoms with Gasteiger partial charge in [-0.25, -0.2) is 4.79 Å². The highest BCUT2D eigenvalue weighted by Gasteiger charge is 2.27. The van der Waals surface area contributed by atoms with Crippen molar-refractivity contribution >= 4 is 17.6 Å². The van der Waals surface area contributed by atoms with Crippen molar-refractivity contribution in [1.82, 2.24) is 0 Å². The van der Waals surface area contributed by atoms with Crippen molar-refractivity contribution in [3.05, 3.63) is 29.3 Å². The van der Waals surface area contributed by atoms with Gasteiger partial charge in [0.1, 0.15) is 0 Å². The highest BCUT2D eigenvalue weighted by atomic mass is 16.5. The highest BCUT2D eigenvalue weighted by molar-refractivity contribution is 5.96. The summed E-state index contributed by atoms with van der Waals surface area (Å²) in [7, 11) is 1.33. The second kappa shape index (κ2) is 6.05. The number of nitrogens with one attached hydrogen (secondary N) is 1. The summed E-state index contributed by atoms with van der Waals surface area (Å²) < 4.78 is 4.67. The molecular formula is C15H22N2O3. The van der Waals surface area contributed by atoms with Crippen LogP contribution in [0.2, 0.25) is 0 Å². The summed E-state index contributed by atoms with van der Waals surface area (Å²) in [4.78, 5) is 23.5. The maximum absolute atomic E-state index is 12.0. The summed E-state index contributed by atoms with van der Waals surface area (Å²) in [6.45, 7) is 7.50. The normalized spacial score (nSPS) is 12.7. The molecule has 1 aromatic carbocycles. The van der Waals surface area contributed by atoms with Gasteiger partial charge >= 0.3 is 5.97 Å². The largest absolute Gasteiger partial charge is 0.465 e. The van der Waals surface area contributed by atoms with Crippen molar-refractivity contribution in [2.75, 3.05) is 12.4 Å². The number of carbonyl (C=O) groups excluding carboxylic acids is 2. The Morgan fingerprint density at radius 2 is 1.90 bits per heavy atom. The molecule has 20 heavy (non-hydrogen) atoms. The zero-order valence-corrected chi connectivity index (χ0v) is 12.6. The summed E-state index contributed by atoms with van der Waals surface area (Å²) in [5.41, 5.74) is 7.40. The number of aryl methyl sites for hydroxylation is 1. The monoisotopic (exact) mass is 278 g/mol. The lowest BCUT2D eigenvalue weighted by atomic mass is 9.87. The van der Waals surface area contributed by atoms with Crippen LogP contribution in [0.4, 0.5) is 5.69 Å². The summed E-state index contributed by atoms with van der Waals surface area (Å²) in [6, 6.07) is 4.40. The van der Waals surface area contributed by atoms with Gasteiger partial charge in [0, 0.05) is 5.69 Å². The van der Waals surface area contributed by atoms with Crippen LogP contribution in [0.15, 0.2) is 18.2 Å². The molecule has 1 atom stereocenters. The first-order valence-electron chi connectivity index (χ1n) is 6.42. The summed E-state index contributed by atoms with van der Waals surface area (Å²) in [6.07, 6.45) is 0. The first-order valence-corrected chi connectivity index (χ1v) is 6.42. The molecule has 1 aromatic rings. The Morgan fingerprint density at radius 1 is 1.30 bits per heavy atom. The van der Waals surface area contributed by atoms with Crippen LogP contribution in [0.5, 0.6) is 0 Å². The van der Waals surface area contributed by atoms with E-state index in [1.54, 1.807) is 25.1 Å². The minimum atomic E-state index is -0.608. The molecule has 0 aliphatic heterocycles. The Labute approximate surface area is 119 Å². The summed E-state index contributed by atoms with van der Waals surface area (Å²) in [5, 5.41) is 2.76. The number of ether oxygens (including phenoxy) is 1. The van der Waals surface area contributed by atoms with Crippen molar-refractivity contribution in [1.29, 1.82) is 0 Å². The van der Waals surface area contributed by atoms with Gasteiger partial charge in [-0.1, -0.05) is 20.8 Å². The van der Waals surface area contributed by atoms with Crippen LogP contribution in [0.1, 0.15) is 36.7 Å². The number of methoxy groups -OCH3 is 1. The molecule has 110 valence electrons. The van der Waals surface area contributed by atoms with E-state index in [-0.39, 0.29) is 11.3 Å². The number of amides is 1. The SMILES string of the molecule is COC(=O)c1ccc(NC(=O)[C@@H](N)C(C)(C)C)cc1C. The molecule has 0 aliphatic carbocycles. The average molecular weight is 278 g/mol. The smallest absolute Gasteiger partial charge is 0.338 e. The number of nitrogens with two attached hydrogens (primary N) is 1. The van der Waals surface area contributed by atoms with E-state index in [1.165, 1.54) is 7.11 Å². The average Bonchev–Trinajstić information content (AvgIpc) is 2.36. The predicted molar refractivity (Wildman–Crippen MR) is 78.6 cm³/mol. The van der Waals surface area contributed by atoms with Gasteiger partial charge in [0.2, 0.25) is 5.91 Å². The van der Waals surface area contributed by atoms with E-state index in [2.05, 4.69) is 10.1 Å². The minimum absolute atomic E-state index is 0.247.